The maximum Gasteiger partial charge on any atom is 0.227 e. The third kappa shape index (κ3) is 1.96. The number of fused-ring (bicyclic) bond motifs is 2. The molecule has 0 spiro atoms. The first kappa shape index (κ1) is 11.5. The summed E-state index contributed by atoms with van der Waals surface area (Å²) in [6.45, 7) is 0. The van der Waals surface area contributed by atoms with E-state index in [0.717, 1.165) is 25.3 Å². The number of halogens is 1. The molecule has 96 valence electrons. The maximum atomic E-state index is 13.5. The van der Waals surface area contributed by atoms with Gasteiger partial charge in [0.15, 0.2) is 0 Å². The Hall–Kier alpha value is -1.58. The number of phenols is 1. The normalized spacial score (nSPS) is 29.5. The van der Waals surface area contributed by atoms with Crippen LogP contribution in [0.15, 0.2) is 18.2 Å². The fourth-order valence-electron chi connectivity index (χ4n) is 3.40. The zero-order valence-electron chi connectivity index (χ0n) is 10.0. The van der Waals surface area contributed by atoms with Gasteiger partial charge in [-0.25, -0.2) is 4.39 Å². The third-order valence-corrected chi connectivity index (χ3v) is 4.29. The van der Waals surface area contributed by atoms with Gasteiger partial charge in [0, 0.05) is 12.0 Å². The van der Waals surface area contributed by atoms with E-state index in [1.165, 1.54) is 18.6 Å². The van der Waals surface area contributed by atoms with E-state index in [4.69, 9.17) is 5.11 Å². The zero-order valence-corrected chi connectivity index (χ0v) is 10.0. The number of aromatic hydroxyl groups is 1. The lowest BCUT2D eigenvalue weighted by Gasteiger charge is -2.20. The van der Waals surface area contributed by atoms with E-state index in [9.17, 15) is 9.18 Å². The van der Waals surface area contributed by atoms with Crippen LogP contribution in [0.3, 0.4) is 0 Å². The molecule has 3 atom stereocenters. The first-order valence-corrected chi connectivity index (χ1v) is 6.43. The van der Waals surface area contributed by atoms with Gasteiger partial charge in [0.1, 0.15) is 11.6 Å². The van der Waals surface area contributed by atoms with Crippen LogP contribution in [0.4, 0.5) is 10.1 Å². The smallest absolute Gasteiger partial charge is 0.227 e. The van der Waals surface area contributed by atoms with Crippen LogP contribution >= 0.6 is 0 Å². The van der Waals surface area contributed by atoms with E-state index >= 15 is 0 Å². The van der Waals surface area contributed by atoms with Gasteiger partial charge < -0.3 is 10.4 Å². The number of anilines is 1. The Labute approximate surface area is 105 Å². The molecule has 4 heteroatoms. The fraction of sp³-hybridized carbons (Fsp3) is 0.500. The van der Waals surface area contributed by atoms with Crippen molar-refractivity contribution in [2.45, 2.75) is 25.7 Å². The number of hydrogen-bond donors (Lipinski definition) is 2. The molecular formula is C14H16FNO2. The molecule has 2 aliphatic carbocycles. The minimum absolute atomic E-state index is 0.0388. The molecule has 1 amide bonds. The van der Waals surface area contributed by atoms with Gasteiger partial charge in [-0.15, -0.1) is 0 Å². The van der Waals surface area contributed by atoms with E-state index in [1.807, 2.05) is 0 Å². The predicted molar refractivity (Wildman–Crippen MR) is 65.6 cm³/mol. The Bertz CT molecular complexity index is 489. The van der Waals surface area contributed by atoms with E-state index in [-0.39, 0.29) is 23.3 Å². The molecule has 0 radical (unpaired) electrons. The molecule has 0 saturated heterocycles. The Morgan fingerprint density at radius 3 is 2.78 bits per heavy atom. The van der Waals surface area contributed by atoms with E-state index < -0.39 is 5.82 Å². The van der Waals surface area contributed by atoms with Crippen molar-refractivity contribution in [3.8, 4) is 5.75 Å². The Kier molecular flexibility index (Phi) is 2.73. The number of carbonyl (C=O) groups excluding carboxylic acids is 1. The Morgan fingerprint density at radius 1 is 1.33 bits per heavy atom. The van der Waals surface area contributed by atoms with Crippen molar-refractivity contribution in [1.82, 2.24) is 0 Å². The van der Waals surface area contributed by atoms with Crippen LogP contribution < -0.4 is 5.32 Å². The average Bonchev–Trinajstić information content (AvgIpc) is 2.94. The molecule has 3 unspecified atom stereocenters. The summed E-state index contributed by atoms with van der Waals surface area (Å²) in [6, 6.07) is 3.78. The van der Waals surface area contributed by atoms with E-state index in [0.29, 0.717) is 11.8 Å². The van der Waals surface area contributed by atoms with Gasteiger partial charge in [0.25, 0.3) is 0 Å². The van der Waals surface area contributed by atoms with Crippen molar-refractivity contribution in [1.29, 1.82) is 0 Å². The van der Waals surface area contributed by atoms with Crippen molar-refractivity contribution in [2.75, 3.05) is 5.32 Å². The first-order chi connectivity index (χ1) is 8.63. The Balaban J connectivity index is 1.71. The zero-order chi connectivity index (χ0) is 12.7. The molecule has 2 fully saturated rings. The van der Waals surface area contributed by atoms with Gasteiger partial charge in [-0.05, 0) is 43.2 Å². The molecule has 18 heavy (non-hydrogen) atoms. The standard InChI is InChI=1S/C14H16FNO2/c15-12-7-10(17)3-4-13(12)16-14(18)11-6-8-1-2-9(11)5-8/h3-4,7-9,11,17H,1-2,5-6H2,(H,16,18). The fourth-order valence-corrected chi connectivity index (χ4v) is 3.40. The highest BCUT2D eigenvalue weighted by molar-refractivity contribution is 5.93. The summed E-state index contributed by atoms with van der Waals surface area (Å²) in [5.41, 5.74) is 0.153. The summed E-state index contributed by atoms with van der Waals surface area (Å²) in [5.74, 6) is 0.409. The van der Waals surface area contributed by atoms with Gasteiger partial charge in [-0.3, -0.25) is 4.79 Å². The highest BCUT2D eigenvalue weighted by Crippen LogP contribution is 2.48. The molecule has 2 saturated carbocycles. The van der Waals surface area contributed by atoms with Crippen LogP contribution in [0.5, 0.6) is 5.75 Å². The summed E-state index contributed by atoms with van der Waals surface area (Å²) >= 11 is 0. The van der Waals surface area contributed by atoms with Gasteiger partial charge in [0.05, 0.1) is 5.69 Å². The molecule has 2 aliphatic rings. The van der Waals surface area contributed by atoms with Gasteiger partial charge in [0.2, 0.25) is 5.91 Å². The van der Waals surface area contributed by atoms with E-state index in [1.54, 1.807) is 0 Å². The molecule has 3 nitrogen and oxygen atoms in total. The van der Waals surface area contributed by atoms with Crippen LogP contribution in [0.25, 0.3) is 0 Å². The monoisotopic (exact) mass is 249 g/mol. The second-order valence-electron chi connectivity index (χ2n) is 5.43. The molecular weight excluding hydrogens is 233 g/mol. The van der Waals surface area contributed by atoms with Crippen LogP contribution in [0.1, 0.15) is 25.7 Å². The Morgan fingerprint density at radius 2 is 2.17 bits per heavy atom. The summed E-state index contributed by atoms with van der Waals surface area (Å²) in [4.78, 5) is 12.1. The molecule has 2 bridgehead atoms. The number of amides is 1. The third-order valence-electron chi connectivity index (χ3n) is 4.29. The number of nitrogens with one attached hydrogen (secondary N) is 1. The number of carbonyl (C=O) groups is 1. The molecule has 2 N–H and O–H groups in total. The number of rotatable bonds is 2. The minimum atomic E-state index is -0.591. The summed E-state index contributed by atoms with van der Waals surface area (Å²) in [5, 5.41) is 11.8. The first-order valence-electron chi connectivity index (χ1n) is 6.43. The maximum absolute atomic E-state index is 13.5. The number of benzene rings is 1. The lowest BCUT2D eigenvalue weighted by molar-refractivity contribution is -0.121. The topological polar surface area (TPSA) is 49.3 Å². The predicted octanol–water partition coefficient (Wildman–Crippen LogP) is 2.91. The molecule has 1 aromatic carbocycles. The van der Waals surface area contributed by atoms with Crippen LogP contribution in [-0.2, 0) is 4.79 Å². The van der Waals surface area contributed by atoms with Crippen molar-refractivity contribution < 1.29 is 14.3 Å². The van der Waals surface area contributed by atoms with Gasteiger partial charge >= 0.3 is 0 Å². The van der Waals surface area contributed by atoms with Crippen molar-refractivity contribution in [3.63, 3.8) is 0 Å². The number of hydrogen-bond acceptors (Lipinski definition) is 2. The lowest BCUT2D eigenvalue weighted by atomic mass is 9.88. The van der Waals surface area contributed by atoms with E-state index in [2.05, 4.69) is 5.32 Å². The van der Waals surface area contributed by atoms with Gasteiger partial charge in [-0.2, -0.15) is 0 Å². The molecule has 3 rings (SSSR count). The summed E-state index contributed by atoms with van der Waals surface area (Å²) in [7, 11) is 0. The second-order valence-corrected chi connectivity index (χ2v) is 5.43. The largest absolute Gasteiger partial charge is 0.508 e. The highest BCUT2D eigenvalue weighted by Gasteiger charge is 2.43. The minimum Gasteiger partial charge on any atom is -0.508 e. The van der Waals surface area contributed by atoms with Crippen molar-refractivity contribution in [3.05, 3.63) is 24.0 Å². The van der Waals surface area contributed by atoms with Crippen LogP contribution in [0, 0.1) is 23.6 Å². The summed E-state index contributed by atoms with van der Waals surface area (Å²) in [6.07, 6.45) is 4.45. The molecule has 0 heterocycles. The molecule has 1 aromatic rings. The summed E-state index contributed by atoms with van der Waals surface area (Å²) < 4.78 is 13.5. The quantitative estimate of drug-likeness (QED) is 0.792. The van der Waals surface area contributed by atoms with Crippen molar-refractivity contribution >= 4 is 11.6 Å². The van der Waals surface area contributed by atoms with Crippen LogP contribution in [-0.4, -0.2) is 11.0 Å². The molecule has 0 aromatic heterocycles. The number of phenolic OH excluding ortho intramolecular Hbond substituents is 1. The second kappa shape index (κ2) is 4.26. The lowest BCUT2D eigenvalue weighted by Crippen LogP contribution is -2.27. The average molecular weight is 249 g/mol. The molecule has 0 aliphatic heterocycles. The van der Waals surface area contributed by atoms with Crippen molar-refractivity contribution in [2.24, 2.45) is 17.8 Å². The van der Waals surface area contributed by atoms with Crippen LogP contribution in [0.2, 0.25) is 0 Å². The van der Waals surface area contributed by atoms with Gasteiger partial charge in [-0.1, -0.05) is 6.42 Å². The SMILES string of the molecule is O=C(Nc1ccc(O)cc1F)C1CC2CCC1C2. The highest BCUT2D eigenvalue weighted by atomic mass is 19.1.